The normalized spacial score (nSPS) is 12.3. The smallest absolute Gasteiger partial charge is 0.360 e. The molecule has 6 nitrogen and oxygen atoms in total. The summed E-state index contributed by atoms with van der Waals surface area (Å²) in [6.45, 7) is 5.92. The van der Waals surface area contributed by atoms with Crippen LogP contribution in [0.15, 0.2) is 16.7 Å². The summed E-state index contributed by atoms with van der Waals surface area (Å²) in [4.78, 5) is 26.0. The van der Waals surface area contributed by atoms with Crippen molar-refractivity contribution in [2.45, 2.75) is 27.2 Å². The minimum absolute atomic E-state index is 0.121. The number of rotatable bonds is 4. The second-order valence-electron chi connectivity index (χ2n) is 4.93. The summed E-state index contributed by atoms with van der Waals surface area (Å²) in [6.07, 6.45) is 2.00. The second kappa shape index (κ2) is 4.96. The van der Waals surface area contributed by atoms with Crippen LogP contribution in [0.3, 0.4) is 0 Å². The van der Waals surface area contributed by atoms with Gasteiger partial charge in [-0.2, -0.15) is 0 Å². The maximum Gasteiger partial charge on any atom is 0.360 e. The first-order valence-corrected chi connectivity index (χ1v) is 7.59. The summed E-state index contributed by atoms with van der Waals surface area (Å²) < 4.78 is 16.7. The first-order valence-electron chi connectivity index (χ1n) is 5.98. The van der Waals surface area contributed by atoms with Gasteiger partial charge in [0.25, 0.3) is 0 Å². The number of nitrogens with one attached hydrogen (secondary N) is 1. The third kappa shape index (κ3) is 2.97. The summed E-state index contributed by atoms with van der Waals surface area (Å²) in [5, 5.41) is -0.121. The number of hydrogen-bond acceptors (Lipinski definition) is 3. The Kier molecular flexibility index (Phi) is 3.67. The van der Waals surface area contributed by atoms with Gasteiger partial charge in [0.15, 0.2) is 5.76 Å². The Morgan fingerprint density at radius 3 is 2.74 bits per heavy atom. The van der Waals surface area contributed by atoms with Crippen molar-refractivity contribution in [3.8, 4) is 11.5 Å². The van der Waals surface area contributed by atoms with Crippen LogP contribution in [0.5, 0.6) is 0 Å². The van der Waals surface area contributed by atoms with E-state index in [0.29, 0.717) is 17.4 Å². The van der Waals surface area contributed by atoms with Gasteiger partial charge in [-0.05, 0) is 25.3 Å². The van der Waals surface area contributed by atoms with Crippen molar-refractivity contribution in [3.05, 3.63) is 23.8 Å². The lowest BCUT2D eigenvalue weighted by atomic mass is 10.1. The molecule has 0 aliphatic rings. The molecule has 0 bridgehead atoms. The Hall–Kier alpha value is -1.36. The van der Waals surface area contributed by atoms with Crippen LogP contribution in [0, 0.1) is 12.8 Å². The van der Waals surface area contributed by atoms with Gasteiger partial charge in [-0.15, -0.1) is 0 Å². The third-order valence-corrected chi connectivity index (χ3v) is 3.66. The summed E-state index contributed by atoms with van der Waals surface area (Å²) in [7, 11) is -4.37. The Balaban J connectivity index is 2.54. The van der Waals surface area contributed by atoms with Gasteiger partial charge in [-0.3, -0.25) is 4.57 Å². The number of nitrogens with zero attached hydrogens (tertiary/aromatic N) is 1. The lowest BCUT2D eigenvalue weighted by Crippen LogP contribution is -2.06. The second-order valence-corrected chi connectivity index (χ2v) is 6.50. The minimum atomic E-state index is -4.37. The number of aryl methyl sites for hydroxylation is 1. The molecule has 0 atom stereocenters. The number of hydrogen-bond donors (Lipinski definition) is 3. The van der Waals surface area contributed by atoms with E-state index in [-0.39, 0.29) is 11.1 Å². The predicted octanol–water partition coefficient (Wildman–Crippen LogP) is 1.98. The first-order chi connectivity index (χ1) is 8.79. The van der Waals surface area contributed by atoms with Gasteiger partial charge < -0.3 is 19.2 Å². The van der Waals surface area contributed by atoms with Crippen LogP contribution < -0.4 is 5.30 Å². The summed E-state index contributed by atoms with van der Waals surface area (Å²) >= 11 is 0. The number of aromatic nitrogens is 2. The quantitative estimate of drug-likeness (QED) is 0.745. The maximum absolute atomic E-state index is 11.4. The molecule has 0 radical (unpaired) electrons. The summed E-state index contributed by atoms with van der Waals surface area (Å²) in [6, 6.07) is 1.29. The molecule has 0 fully saturated rings. The van der Waals surface area contributed by atoms with Crippen LogP contribution in [-0.4, -0.2) is 19.8 Å². The van der Waals surface area contributed by atoms with Crippen LogP contribution in [0.4, 0.5) is 0 Å². The van der Waals surface area contributed by atoms with Gasteiger partial charge in [0.05, 0.1) is 6.26 Å². The molecule has 3 N–H and O–H groups in total. The Bertz CT molecular complexity index is 623. The summed E-state index contributed by atoms with van der Waals surface area (Å²) in [5.74, 6) is 1.24. The largest absolute Gasteiger partial charge is 0.462 e. The average Bonchev–Trinajstić information content (AvgIpc) is 2.82. The maximum atomic E-state index is 11.4. The van der Waals surface area contributed by atoms with E-state index in [1.807, 2.05) is 0 Å². The minimum Gasteiger partial charge on any atom is -0.462 e. The van der Waals surface area contributed by atoms with Gasteiger partial charge in [0, 0.05) is 5.69 Å². The molecule has 2 aromatic heterocycles. The topological polar surface area (TPSA) is 99.3 Å². The van der Waals surface area contributed by atoms with Crippen LogP contribution in [0.2, 0.25) is 0 Å². The number of furan rings is 1. The molecule has 7 heteroatoms. The molecule has 104 valence electrons. The lowest BCUT2D eigenvalue weighted by Gasteiger charge is -2.06. The van der Waals surface area contributed by atoms with Crippen LogP contribution in [-0.2, 0) is 11.0 Å². The van der Waals surface area contributed by atoms with E-state index in [9.17, 15) is 14.4 Å². The van der Waals surface area contributed by atoms with Crippen molar-refractivity contribution < 1.29 is 18.8 Å². The van der Waals surface area contributed by atoms with E-state index in [0.717, 1.165) is 12.1 Å². The highest BCUT2D eigenvalue weighted by molar-refractivity contribution is 7.60. The van der Waals surface area contributed by atoms with Crippen molar-refractivity contribution in [1.29, 1.82) is 0 Å². The molecule has 0 saturated carbocycles. The molecule has 2 rings (SSSR count). The van der Waals surface area contributed by atoms with Gasteiger partial charge >= 0.3 is 7.60 Å². The van der Waals surface area contributed by atoms with E-state index >= 15 is 0 Å². The fraction of sp³-hybridized carbons (Fsp3) is 0.417. The van der Waals surface area contributed by atoms with E-state index in [1.165, 1.54) is 12.3 Å². The van der Waals surface area contributed by atoms with E-state index in [1.54, 1.807) is 6.92 Å². The van der Waals surface area contributed by atoms with Gasteiger partial charge in [0.2, 0.25) is 0 Å². The third-order valence-electron chi connectivity index (χ3n) is 2.68. The molecule has 19 heavy (non-hydrogen) atoms. The highest BCUT2D eigenvalue weighted by atomic mass is 31.2. The summed E-state index contributed by atoms with van der Waals surface area (Å²) in [5.41, 5.74) is 1.31. The van der Waals surface area contributed by atoms with Crippen molar-refractivity contribution in [1.82, 2.24) is 9.97 Å². The fourth-order valence-corrected chi connectivity index (χ4v) is 2.67. The molecule has 0 aliphatic heterocycles. The highest BCUT2D eigenvalue weighted by Gasteiger charge is 2.28. The Labute approximate surface area is 111 Å². The van der Waals surface area contributed by atoms with Gasteiger partial charge in [0.1, 0.15) is 16.8 Å². The molecular weight excluding hydrogens is 267 g/mol. The molecule has 2 aromatic rings. The van der Waals surface area contributed by atoms with Crippen molar-refractivity contribution >= 4 is 12.9 Å². The Morgan fingerprint density at radius 2 is 2.16 bits per heavy atom. The molecule has 0 aromatic carbocycles. The SMILES string of the molecule is Cc1nc(-c2occc2P(=O)(O)O)c(CC(C)C)[nH]1. The van der Waals surface area contributed by atoms with Gasteiger partial charge in [-0.1, -0.05) is 13.8 Å². The zero-order valence-corrected chi connectivity index (χ0v) is 11.9. The van der Waals surface area contributed by atoms with Crippen molar-refractivity contribution in [2.24, 2.45) is 5.92 Å². The van der Waals surface area contributed by atoms with Crippen molar-refractivity contribution in [3.63, 3.8) is 0 Å². The number of aromatic amines is 1. The first kappa shape index (κ1) is 14.1. The fourth-order valence-electron chi connectivity index (χ4n) is 1.99. The highest BCUT2D eigenvalue weighted by Crippen LogP contribution is 2.38. The average molecular weight is 284 g/mol. The van der Waals surface area contributed by atoms with Crippen molar-refractivity contribution in [2.75, 3.05) is 0 Å². The number of H-pyrrole nitrogens is 1. The molecule has 2 heterocycles. The molecule has 0 aliphatic carbocycles. The zero-order valence-electron chi connectivity index (χ0n) is 11.0. The Morgan fingerprint density at radius 1 is 1.47 bits per heavy atom. The van der Waals surface area contributed by atoms with E-state index < -0.39 is 7.60 Å². The molecular formula is C12H17N2O4P. The van der Waals surface area contributed by atoms with Crippen LogP contribution in [0.1, 0.15) is 25.4 Å². The van der Waals surface area contributed by atoms with Gasteiger partial charge in [-0.25, -0.2) is 4.98 Å². The lowest BCUT2D eigenvalue weighted by molar-refractivity contribution is 0.387. The molecule has 0 spiro atoms. The molecule has 0 saturated heterocycles. The molecule has 0 unspecified atom stereocenters. The van der Waals surface area contributed by atoms with Crippen LogP contribution in [0.25, 0.3) is 11.5 Å². The zero-order chi connectivity index (χ0) is 14.2. The number of imidazole rings is 1. The van der Waals surface area contributed by atoms with Crippen LogP contribution >= 0.6 is 7.60 Å². The predicted molar refractivity (Wildman–Crippen MR) is 71.2 cm³/mol. The standard InChI is InChI=1S/C12H17N2O4P/c1-7(2)6-9-11(14-8(3)13-9)12-10(4-5-18-12)19(15,16)17/h4-5,7H,6H2,1-3H3,(H,13,14)(H2,15,16,17). The monoisotopic (exact) mass is 284 g/mol. The van der Waals surface area contributed by atoms with E-state index in [4.69, 9.17) is 4.42 Å². The molecule has 0 amide bonds. The van der Waals surface area contributed by atoms with E-state index in [2.05, 4.69) is 23.8 Å².